The van der Waals surface area contributed by atoms with Crippen molar-refractivity contribution in [2.24, 2.45) is 0 Å². The van der Waals surface area contributed by atoms with Crippen LogP contribution in [0, 0.1) is 0 Å². The Hall–Kier alpha value is -1.87. The van der Waals surface area contributed by atoms with Gasteiger partial charge >= 0.3 is 0 Å². The van der Waals surface area contributed by atoms with Crippen molar-refractivity contribution in [3.05, 3.63) is 53.1 Å². The lowest BCUT2D eigenvalue weighted by atomic mass is 10.2. The van der Waals surface area contributed by atoms with Gasteiger partial charge in [0.1, 0.15) is 5.75 Å². The van der Waals surface area contributed by atoms with E-state index in [-0.39, 0.29) is 0 Å². The summed E-state index contributed by atoms with van der Waals surface area (Å²) < 4.78 is 5.65. The average molecular weight is 305 g/mol. The minimum Gasteiger partial charge on any atom is -0.494 e. The van der Waals surface area contributed by atoms with Crippen LogP contribution >= 0.6 is 11.6 Å². The predicted molar refractivity (Wildman–Crippen MR) is 90.7 cm³/mol. The lowest BCUT2D eigenvalue weighted by Crippen LogP contribution is -2.12. The molecule has 0 saturated heterocycles. The van der Waals surface area contributed by atoms with Gasteiger partial charge in [0.15, 0.2) is 0 Å². The van der Waals surface area contributed by atoms with Gasteiger partial charge < -0.3 is 15.0 Å². The van der Waals surface area contributed by atoms with Gasteiger partial charge in [0, 0.05) is 31.2 Å². The zero-order valence-electron chi connectivity index (χ0n) is 12.7. The van der Waals surface area contributed by atoms with E-state index in [0.29, 0.717) is 13.2 Å². The second-order valence-corrected chi connectivity index (χ2v) is 5.39. The van der Waals surface area contributed by atoms with E-state index in [2.05, 4.69) is 16.3 Å². The van der Waals surface area contributed by atoms with Crippen LogP contribution in [0.4, 0.5) is 11.4 Å². The normalized spacial score (nSPS) is 10.3. The van der Waals surface area contributed by atoms with E-state index in [1.807, 2.05) is 57.4 Å². The minimum atomic E-state index is 0.664. The van der Waals surface area contributed by atoms with Crippen LogP contribution in [-0.2, 0) is 6.54 Å². The van der Waals surface area contributed by atoms with Crippen molar-refractivity contribution < 1.29 is 4.74 Å². The monoisotopic (exact) mass is 304 g/mol. The highest BCUT2D eigenvalue weighted by Crippen LogP contribution is 2.29. The third-order valence-electron chi connectivity index (χ3n) is 3.18. The first-order chi connectivity index (χ1) is 10.1. The second kappa shape index (κ2) is 7.23. The standard InChI is InChI=1S/C17H21ClN2O/c1-4-21-17-8-6-5-7-13(17)12-19-15-11-14(18)9-10-16(15)20(2)3/h5-11,19H,4,12H2,1-3H3. The summed E-state index contributed by atoms with van der Waals surface area (Å²) in [7, 11) is 4.03. The molecule has 1 N–H and O–H groups in total. The van der Waals surface area contributed by atoms with Gasteiger partial charge in [0.05, 0.1) is 18.0 Å². The topological polar surface area (TPSA) is 24.5 Å². The number of rotatable bonds is 6. The van der Waals surface area contributed by atoms with Gasteiger partial charge in [-0.25, -0.2) is 0 Å². The van der Waals surface area contributed by atoms with Crippen molar-refractivity contribution in [1.29, 1.82) is 0 Å². The fraction of sp³-hybridized carbons (Fsp3) is 0.294. The lowest BCUT2D eigenvalue weighted by Gasteiger charge is -2.19. The Balaban J connectivity index is 2.18. The summed E-state index contributed by atoms with van der Waals surface area (Å²) in [5.74, 6) is 0.918. The van der Waals surface area contributed by atoms with E-state index < -0.39 is 0 Å². The lowest BCUT2D eigenvalue weighted by molar-refractivity contribution is 0.337. The quantitative estimate of drug-likeness (QED) is 0.855. The largest absolute Gasteiger partial charge is 0.494 e. The van der Waals surface area contributed by atoms with Crippen molar-refractivity contribution >= 4 is 23.0 Å². The van der Waals surface area contributed by atoms with Crippen molar-refractivity contribution in [2.75, 3.05) is 30.9 Å². The molecule has 2 rings (SSSR count). The Labute approximate surface area is 131 Å². The number of ether oxygens (including phenoxy) is 1. The third kappa shape index (κ3) is 4.05. The van der Waals surface area contributed by atoms with Crippen molar-refractivity contribution in [3.8, 4) is 5.75 Å². The molecule has 0 atom stereocenters. The zero-order chi connectivity index (χ0) is 15.2. The number of benzene rings is 2. The Morgan fingerprint density at radius 3 is 2.62 bits per heavy atom. The molecule has 3 nitrogen and oxygen atoms in total. The zero-order valence-corrected chi connectivity index (χ0v) is 13.4. The van der Waals surface area contributed by atoms with E-state index in [1.165, 1.54) is 0 Å². The molecule has 0 heterocycles. The highest BCUT2D eigenvalue weighted by molar-refractivity contribution is 6.31. The maximum absolute atomic E-state index is 6.10. The maximum atomic E-state index is 6.10. The van der Waals surface area contributed by atoms with Gasteiger partial charge in [-0.3, -0.25) is 0 Å². The molecular formula is C17H21ClN2O. The van der Waals surface area contributed by atoms with E-state index in [1.54, 1.807) is 0 Å². The molecular weight excluding hydrogens is 284 g/mol. The van der Waals surface area contributed by atoms with Crippen LogP contribution in [0.2, 0.25) is 5.02 Å². The maximum Gasteiger partial charge on any atom is 0.124 e. The molecule has 21 heavy (non-hydrogen) atoms. The van der Waals surface area contributed by atoms with Crippen LogP contribution in [0.1, 0.15) is 12.5 Å². The molecule has 4 heteroatoms. The molecule has 0 aromatic heterocycles. The summed E-state index contributed by atoms with van der Waals surface area (Å²) in [5.41, 5.74) is 3.25. The Morgan fingerprint density at radius 2 is 1.90 bits per heavy atom. The van der Waals surface area contributed by atoms with Gasteiger partial charge in [-0.15, -0.1) is 0 Å². The highest BCUT2D eigenvalue weighted by Gasteiger charge is 2.07. The van der Waals surface area contributed by atoms with E-state index >= 15 is 0 Å². The second-order valence-electron chi connectivity index (χ2n) is 4.95. The molecule has 0 spiro atoms. The molecule has 0 radical (unpaired) electrons. The van der Waals surface area contributed by atoms with Gasteiger partial charge in [0.2, 0.25) is 0 Å². The summed E-state index contributed by atoms with van der Waals surface area (Å²) in [6, 6.07) is 13.9. The summed E-state index contributed by atoms with van der Waals surface area (Å²) in [4.78, 5) is 2.06. The van der Waals surface area contributed by atoms with Crippen LogP contribution in [0.25, 0.3) is 0 Å². The molecule has 0 bridgehead atoms. The van der Waals surface area contributed by atoms with E-state index in [4.69, 9.17) is 16.3 Å². The molecule has 0 aliphatic rings. The number of para-hydroxylation sites is 1. The first-order valence-corrected chi connectivity index (χ1v) is 7.41. The Bertz CT molecular complexity index is 599. The third-order valence-corrected chi connectivity index (χ3v) is 3.42. The number of nitrogens with one attached hydrogen (secondary N) is 1. The minimum absolute atomic E-state index is 0.664. The summed E-state index contributed by atoms with van der Waals surface area (Å²) in [5, 5.41) is 4.17. The van der Waals surface area contributed by atoms with Crippen molar-refractivity contribution in [1.82, 2.24) is 0 Å². The van der Waals surface area contributed by atoms with Gasteiger partial charge in [-0.05, 0) is 31.2 Å². The molecule has 0 saturated carbocycles. The number of halogens is 1. The molecule has 0 aliphatic carbocycles. The van der Waals surface area contributed by atoms with Crippen LogP contribution < -0.4 is 15.0 Å². The van der Waals surface area contributed by atoms with E-state index in [9.17, 15) is 0 Å². The molecule has 112 valence electrons. The SMILES string of the molecule is CCOc1ccccc1CNc1cc(Cl)ccc1N(C)C. The number of hydrogen-bond donors (Lipinski definition) is 1. The first-order valence-electron chi connectivity index (χ1n) is 7.03. The number of anilines is 2. The highest BCUT2D eigenvalue weighted by atomic mass is 35.5. The predicted octanol–water partition coefficient (Wildman–Crippen LogP) is 4.42. The fourth-order valence-electron chi connectivity index (χ4n) is 2.18. The van der Waals surface area contributed by atoms with Crippen LogP contribution in [-0.4, -0.2) is 20.7 Å². The number of nitrogens with zero attached hydrogens (tertiary/aromatic N) is 1. The summed E-state index contributed by atoms with van der Waals surface area (Å²) in [6.07, 6.45) is 0. The van der Waals surface area contributed by atoms with Gasteiger partial charge in [0.25, 0.3) is 0 Å². The Kier molecular flexibility index (Phi) is 5.34. The summed E-state index contributed by atoms with van der Waals surface area (Å²) in [6.45, 7) is 3.35. The Morgan fingerprint density at radius 1 is 1.14 bits per heavy atom. The van der Waals surface area contributed by atoms with Crippen molar-refractivity contribution in [3.63, 3.8) is 0 Å². The van der Waals surface area contributed by atoms with Crippen LogP contribution in [0.5, 0.6) is 5.75 Å². The fourth-order valence-corrected chi connectivity index (χ4v) is 2.35. The molecule has 0 aliphatic heterocycles. The molecule has 0 amide bonds. The van der Waals surface area contributed by atoms with Gasteiger partial charge in [-0.1, -0.05) is 29.8 Å². The molecule has 0 unspecified atom stereocenters. The first kappa shape index (κ1) is 15.5. The van der Waals surface area contributed by atoms with Gasteiger partial charge in [-0.2, -0.15) is 0 Å². The molecule has 2 aromatic rings. The van der Waals surface area contributed by atoms with Crippen LogP contribution in [0.15, 0.2) is 42.5 Å². The van der Waals surface area contributed by atoms with E-state index in [0.717, 1.165) is 27.7 Å². The van der Waals surface area contributed by atoms with Crippen molar-refractivity contribution in [2.45, 2.75) is 13.5 Å². The number of hydrogen-bond acceptors (Lipinski definition) is 3. The average Bonchev–Trinajstić information content (AvgIpc) is 2.46. The van der Waals surface area contributed by atoms with Crippen LogP contribution in [0.3, 0.4) is 0 Å². The smallest absolute Gasteiger partial charge is 0.124 e. The molecule has 2 aromatic carbocycles. The molecule has 0 fully saturated rings. The summed E-state index contributed by atoms with van der Waals surface area (Å²) >= 11 is 6.10.